The van der Waals surface area contributed by atoms with Gasteiger partial charge in [-0.1, -0.05) is 13.8 Å². The molecule has 0 N–H and O–H groups in total. The molecule has 0 aliphatic rings. The number of carbonyl (C=O) groups excluding carboxylic acids is 2. The van der Waals surface area contributed by atoms with Crippen LogP contribution in [0.4, 0.5) is 10.5 Å². The van der Waals surface area contributed by atoms with E-state index in [0.29, 0.717) is 16.7 Å². The summed E-state index contributed by atoms with van der Waals surface area (Å²) in [4.78, 5) is 38.6. The van der Waals surface area contributed by atoms with Gasteiger partial charge < -0.3 is 4.90 Å². The quantitative estimate of drug-likeness (QED) is 0.361. The van der Waals surface area contributed by atoms with Crippen molar-refractivity contribution >= 4 is 40.2 Å². The van der Waals surface area contributed by atoms with Crippen molar-refractivity contribution in [2.75, 3.05) is 19.6 Å². The Hall–Kier alpha value is -1.71. The molecule has 1 aromatic rings. The molecule has 0 fully saturated rings. The molecule has 7 nitrogen and oxygen atoms in total. The third kappa shape index (κ3) is 4.89. The number of carbonyl (C=O) groups is 2. The van der Waals surface area contributed by atoms with E-state index >= 15 is 0 Å². The molecule has 24 heavy (non-hydrogen) atoms. The fourth-order valence-corrected chi connectivity index (χ4v) is 2.85. The number of urea groups is 1. The van der Waals surface area contributed by atoms with Gasteiger partial charge in [0.1, 0.15) is 0 Å². The SMILES string of the molecule is CCCN(CCC)C(=O)N(CC)C(=O)c1ccc(I)c([N+](=O)[O-])c1. The first-order valence-corrected chi connectivity index (χ1v) is 8.99. The largest absolute Gasteiger partial charge is 0.326 e. The van der Waals surface area contributed by atoms with E-state index in [2.05, 4.69) is 0 Å². The molecule has 0 heterocycles. The van der Waals surface area contributed by atoms with Crippen molar-refractivity contribution in [2.45, 2.75) is 33.6 Å². The van der Waals surface area contributed by atoms with Crippen molar-refractivity contribution in [1.82, 2.24) is 9.80 Å². The van der Waals surface area contributed by atoms with Crippen LogP contribution in [0.15, 0.2) is 18.2 Å². The number of nitro benzene ring substituents is 1. The molecule has 0 radical (unpaired) electrons. The minimum atomic E-state index is -0.531. The van der Waals surface area contributed by atoms with Gasteiger partial charge in [0.25, 0.3) is 11.6 Å². The second-order valence-corrected chi connectivity index (χ2v) is 6.40. The molecule has 0 aliphatic carbocycles. The monoisotopic (exact) mass is 447 g/mol. The number of halogens is 1. The van der Waals surface area contributed by atoms with E-state index in [1.807, 2.05) is 36.4 Å². The molecular formula is C16H22IN3O4. The highest BCUT2D eigenvalue weighted by Crippen LogP contribution is 2.23. The molecule has 8 heteroatoms. The van der Waals surface area contributed by atoms with Crippen molar-refractivity contribution in [2.24, 2.45) is 0 Å². The maximum absolute atomic E-state index is 12.7. The highest BCUT2D eigenvalue weighted by molar-refractivity contribution is 14.1. The fraction of sp³-hybridized carbons (Fsp3) is 0.500. The van der Waals surface area contributed by atoms with Gasteiger partial charge in [0, 0.05) is 31.3 Å². The number of rotatable bonds is 7. The summed E-state index contributed by atoms with van der Waals surface area (Å²) in [7, 11) is 0. The van der Waals surface area contributed by atoms with Crippen LogP contribution < -0.4 is 0 Å². The fourth-order valence-electron chi connectivity index (χ4n) is 2.32. The zero-order chi connectivity index (χ0) is 18.3. The van der Waals surface area contributed by atoms with E-state index in [9.17, 15) is 19.7 Å². The number of hydrogen-bond donors (Lipinski definition) is 0. The van der Waals surface area contributed by atoms with Gasteiger partial charge in [-0.25, -0.2) is 4.79 Å². The van der Waals surface area contributed by atoms with Crippen molar-refractivity contribution in [1.29, 1.82) is 0 Å². The summed E-state index contributed by atoms with van der Waals surface area (Å²) in [6.45, 7) is 7.01. The number of nitrogens with zero attached hydrogens (tertiary/aromatic N) is 3. The van der Waals surface area contributed by atoms with Gasteiger partial charge in [0.05, 0.1) is 8.49 Å². The second kappa shape index (κ2) is 9.55. The van der Waals surface area contributed by atoms with Crippen LogP contribution in [-0.2, 0) is 0 Å². The molecule has 1 aromatic carbocycles. The van der Waals surface area contributed by atoms with Gasteiger partial charge in [-0.2, -0.15) is 0 Å². The molecule has 3 amide bonds. The Labute approximate surface area is 155 Å². The molecule has 0 unspecified atom stereocenters. The van der Waals surface area contributed by atoms with E-state index in [1.165, 1.54) is 18.2 Å². The van der Waals surface area contributed by atoms with E-state index in [-0.39, 0.29) is 23.8 Å². The average Bonchev–Trinajstić information content (AvgIpc) is 2.55. The standard InChI is InChI=1S/C16H22IN3O4/c1-4-9-18(10-5-2)16(22)19(6-3)15(21)12-7-8-13(17)14(11-12)20(23)24/h7-8,11H,4-6,9-10H2,1-3H3. The minimum Gasteiger partial charge on any atom is -0.324 e. The van der Waals surface area contributed by atoms with Gasteiger partial charge in [-0.15, -0.1) is 0 Å². The minimum absolute atomic E-state index is 0.135. The Morgan fingerprint density at radius 1 is 1.17 bits per heavy atom. The van der Waals surface area contributed by atoms with E-state index in [1.54, 1.807) is 11.8 Å². The first kappa shape index (κ1) is 20.3. The average molecular weight is 447 g/mol. The molecule has 0 atom stereocenters. The molecule has 0 bridgehead atoms. The molecule has 0 saturated heterocycles. The van der Waals surface area contributed by atoms with Crippen molar-refractivity contribution < 1.29 is 14.5 Å². The van der Waals surface area contributed by atoms with Gasteiger partial charge in [-0.05, 0) is 54.5 Å². The Morgan fingerprint density at radius 2 is 1.75 bits per heavy atom. The van der Waals surface area contributed by atoms with Crippen LogP contribution in [0.3, 0.4) is 0 Å². The first-order valence-electron chi connectivity index (χ1n) is 7.91. The van der Waals surface area contributed by atoms with E-state index in [0.717, 1.165) is 17.7 Å². The summed E-state index contributed by atoms with van der Waals surface area (Å²) >= 11 is 1.85. The first-order chi connectivity index (χ1) is 11.4. The van der Waals surface area contributed by atoms with Gasteiger partial charge >= 0.3 is 6.03 Å². The summed E-state index contributed by atoms with van der Waals surface area (Å²) in [6, 6.07) is 3.90. The lowest BCUT2D eigenvalue weighted by Gasteiger charge is -2.28. The Morgan fingerprint density at radius 3 is 2.21 bits per heavy atom. The summed E-state index contributed by atoms with van der Waals surface area (Å²) in [6.07, 6.45) is 1.60. The number of benzene rings is 1. The molecule has 0 spiro atoms. The molecule has 0 saturated carbocycles. The van der Waals surface area contributed by atoms with Gasteiger partial charge in [-0.3, -0.25) is 19.8 Å². The number of amides is 3. The van der Waals surface area contributed by atoms with Crippen LogP contribution in [0.5, 0.6) is 0 Å². The van der Waals surface area contributed by atoms with Crippen LogP contribution in [0.2, 0.25) is 0 Å². The highest BCUT2D eigenvalue weighted by atomic mass is 127. The molecule has 0 aliphatic heterocycles. The van der Waals surface area contributed by atoms with Crippen LogP contribution in [0.25, 0.3) is 0 Å². The van der Waals surface area contributed by atoms with Gasteiger partial charge in [0.15, 0.2) is 0 Å². The molecule has 1 rings (SSSR count). The molecular weight excluding hydrogens is 425 g/mol. The zero-order valence-corrected chi connectivity index (χ0v) is 16.3. The summed E-state index contributed by atoms with van der Waals surface area (Å²) in [5.74, 6) is -0.515. The number of nitro groups is 1. The summed E-state index contributed by atoms with van der Waals surface area (Å²) in [5.41, 5.74) is 0.00851. The molecule has 132 valence electrons. The lowest BCUT2D eigenvalue weighted by Crippen LogP contribution is -2.46. The Bertz CT molecular complexity index is 615. The third-order valence-electron chi connectivity index (χ3n) is 3.44. The lowest BCUT2D eigenvalue weighted by atomic mass is 10.1. The molecule has 0 aromatic heterocycles. The zero-order valence-electron chi connectivity index (χ0n) is 14.1. The van der Waals surface area contributed by atoms with Crippen LogP contribution in [0.1, 0.15) is 44.0 Å². The topological polar surface area (TPSA) is 83.8 Å². The summed E-state index contributed by atoms with van der Waals surface area (Å²) < 4.78 is 0.446. The maximum Gasteiger partial charge on any atom is 0.326 e. The Kier molecular flexibility index (Phi) is 8.09. The van der Waals surface area contributed by atoms with Crippen LogP contribution in [-0.4, -0.2) is 46.3 Å². The summed E-state index contributed by atoms with van der Waals surface area (Å²) in [5, 5.41) is 11.0. The van der Waals surface area contributed by atoms with E-state index in [4.69, 9.17) is 0 Å². The van der Waals surface area contributed by atoms with Crippen molar-refractivity contribution in [3.8, 4) is 0 Å². The van der Waals surface area contributed by atoms with Crippen molar-refractivity contribution in [3.05, 3.63) is 37.4 Å². The second-order valence-electron chi connectivity index (χ2n) is 5.24. The predicted octanol–water partition coefficient (Wildman–Crippen LogP) is 3.90. The van der Waals surface area contributed by atoms with E-state index < -0.39 is 10.8 Å². The smallest absolute Gasteiger partial charge is 0.324 e. The lowest BCUT2D eigenvalue weighted by molar-refractivity contribution is -0.385. The van der Waals surface area contributed by atoms with Crippen molar-refractivity contribution in [3.63, 3.8) is 0 Å². The highest BCUT2D eigenvalue weighted by Gasteiger charge is 2.27. The number of imide groups is 1. The Balaban J connectivity index is 3.11. The number of hydrogen-bond acceptors (Lipinski definition) is 4. The van der Waals surface area contributed by atoms with Gasteiger partial charge in [0.2, 0.25) is 0 Å². The van der Waals surface area contributed by atoms with Crippen LogP contribution >= 0.6 is 22.6 Å². The third-order valence-corrected chi connectivity index (χ3v) is 4.35. The predicted molar refractivity (Wildman–Crippen MR) is 100 cm³/mol. The van der Waals surface area contributed by atoms with Crippen LogP contribution in [0, 0.1) is 13.7 Å². The maximum atomic E-state index is 12.7. The normalized spacial score (nSPS) is 10.3.